The highest BCUT2D eigenvalue weighted by molar-refractivity contribution is 6.31. The van der Waals surface area contributed by atoms with E-state index in [1.54, 1.807) is 12.4 Å². The fourth-order valence-electron chi connectivity index (χ4n) is 1.49. The molecular weight excluding hydrogens is 231 g/mol. The van der Waals surface area contributed by atoms with Crippen LogP contribution >= 0.6 is 11.6 Å². The summed E-state index contributed by atoms with van der Waals surface area (Å²) in [6.45, 7) is 0. The maximum absolute atomic E-state index is 13.1. The third-order valence-corrected chi connectivity index (χ3v) is 2.57. The van der Waals surface area contributed by atoms with Crippen molar-refractivity contribution in [1.82, 2.24) is 15.4 Å². The number of rotatable bonds is 3. The number of nitrogens with two attached hydrogens (primary N) is 1. The predicted molar refractivity (Wildman–Crippen MR) is 59.2 cm³/mol. The number of benzene rings is 1. The summed E-state index contributed by atoms with van der Waals surface area (Å²) in [5.41, 5.74) is 3.08. The Labute approximate surface area is 96.6 Å². The molecule has 0 aliphatic heterocycles. The van der Waals surface area contributed by atoms with Crippen LogP contribution in [0.4, 0.5) is 4.39 Å². The lowest BCUT2D eigenvalue weighted by atomic mass is 10.1. The Morgan fingerprint density at radius 2 is 2.31 bits per heavy atom. The van der Waals surface area contributed by atoms with Crippen molar-refractivity contribution in [2.45, 2.75) is 6.04 Å². The van der Waals surface area contributed by atoms with E-state index in [1.165, 1.54) is 18.2 Å². The van der Waals surface area contributed by atoms with Crippen molar-refractivity contribution in [3.8, 4) is 0 Å². The van der Waals surface area contributed by atoms with Gasteiger partial charge in [0.15, 0.2) is 0 Å². The molecule has 6 heteroatoms. The molecule has 1 heterocycles. The van der Waals surface area contributed by atoms with Gasteiger partial charge in [0.05, 0.1) is 0 Å². The molecule has 2 aromatic rings. The number of H-pyrrole nitrogens is 1. The second-order valence-corrected chi connectivity index (χ2v) is 3.65. The molecule has 0 aliphatic carbocycles. The van der Waals surface area contributed by atoms with Gasteiger partial charge in [-0.3, -0.25) is 5.84 Å². The van der Waals surface area contributed by atoms with Crippen LogP contribution in [0.1, 0.15) is 17.4 Å². The van der Waals surface area contributed by atoms with E-state index >= 15 is 0 Å². The quantitative estimate of drug-likeness (QED) is 0.566. The maximum Gasteiger partial charge on any atom is 0.129 e. The van der Waals surface area contributed by atoms with Gasteiger partial charge in [-0.15, -0.1) is 0 Å². The number of nitrogens with one attached hydrogen (secondary N) is 2. The maximum atomic E-state index is 13.1. The van der Waals surface area contributed by atoms with Gasteiger partial charge in [-0.05, 0) is 23.8 Å². The van der Waals surface area contributed by atoms with Crippen molar-refractivity contribution in [1.29, 1.82) is 0 Å². The zero-order chi connectivity index (χ0) is 11.5. The Morgan fingerprint density at radius 3 is 2.94 bits per heavy atom. The van der Waals surface area contributed by atoms with Crippen molar-refractivity contribution in [3.63, 3.8) is 0 Å². The zero-order valence-electron chi connectivity index (χ0n) is 8.24. The first-order valence-corrected chi connectivity index (χ1v) is 5.00. The average Bonchev–Trinajstić information content (AvgIpc) is 2.78. The largest absolute Gasteiger partial charge is 0.347 e. The summed E-state index contributed by atoms with van der Waals surface area (Å²) in [7, 11) is 0. The molecule has 0 aliphatic rings. The van der Waals surface area contributed by atoms with E-state index in [9.17, 15) is 4.39 Å². The van der Waals surface area contributed by atoms with E-state index in [0.29, 0.717) is 16.4 Å². The summed E-state index contributed by atoms with van der Waals surface area (Å²) < 4.78 is 13.1. The SMILES string of the molecule is NNC(c1ncc[nH]1)c1cc(F)ccc1Cl. The van der Waals surface area contributed by atoms with Crippen molar-refractivity contribution in [3.05, 3.63) is 52.8 Å². The van der Waals surface area contributed by atoms with Gasteiger partial charge in [0.1, 0.15) is 17.7 Å². The first-order chi connectivity index (χ1) is 7.72. The van der Waals surface area contributed by atoms with Gasteiger partial charge in [0, 0.05) is 17.4 Å². The molecular formula is C10H10ClFN4. The van der Waals surface area contributed by atoms with Gasteiger partial charge in [-0.25, -0.2) is 14.8 Å². The Kier molecular flexibility index (Phi) is 3.19. The van der Waals surface area contributed by atoms with Crippen molar-refractivity contribution >= 4 is 11.6 Å². The second kappa shape index (κ2) is 4.61. The lowest BCUT2D eigenvalue weighted by Gasteiger charge is -2.15. The molecule has 1 aromatic carbocycles. The van der Waals surface area contributed by atoms with Crippen LogP contribution in [0.15, 0.2) is 30.6 Å². The van der Waals surface area contributed by atoms with Crippen LogP contribution in [0.2, 0.25) is 5.02 Å². The topological polar surface area (TPSA) is 66.7 Å². The monoisotopic (exact) mass is 240 g/mol. The minimum atomic E-state index is -0.460. The lowest BCUT2D eigenvalue weighted by Crippen LogP contribution is -2.30. The Balaban J connectivity index is 2.44. The second-order valence-electron chi connectivity index (χ2n) is 3.24. The van der Waals surface area contributed by atoms with Crippen LogP contribution in [-0.4, -0.2) is 9.97 Å². The molecule has 1 atom stereocenters. The molecule has 0 saturated carbocycles. The number of nitrogens with zero attached hydrogens (tertiary/aromatic N) is 1. The van der Waals surface area contributed by atoms with E-state index in [1.807, 2.05) is 0 Å². The van der Waals surface area contributed by atoms with Crippen LogP contribution in [0.3, 0.4) is 0 Å². The normalized spacial score (nSPS) is 12.7. The number of hydrazine groups is 1. The minimum Gasteiger partial charge on any atom is -0.347 e. The van der Waals surface area contributed by atoms with E-state index in [0.717, 1.165) is 0 Å². The smallest absolute Gasteiger partial charge is 0.129 e. The Morgan fingerprint density at radius 1 is 1.50 bits per heavy atom. The highest BCUT2D eigenvalue weighted by atomic mass is 35.5. The van der Waals surface area contributed by atoms with E-state index in [4.69, 9.17) is 17.4 Å². The summed E-state index contributed by atoms with van der Waals surface area (Å²) >= 11 is 5.98. The Hall–Kier alpha value is -1.43. The lowest BCUT2D eigenvalue weighted by molar-refractivity contribution is 0.590. The molecule has 0 saturated heterocycles. The zero-order valence-corrected chi connectivity index (χ0v) is 9.00. The van der Waals surface area contributed by atoms with Gasteiger partial charge in [0.2, 0.25) is 0 Å². The van der Waals surface area contributed by atoms with Gasteiger partial charge < -0.3 is 4.98 Å². The molecule has 4 N–H and O–H groups in total. The van der Waals surface area contributed by atoms with Gasteiger partial charge >= 0.3 is 0 Å². The summed E-state index contributed by atoms with van der Waals surface area (Å²) in [4.78, 5) is 6.95. The highest BCUT2D eigenvalue weighted by Gasteiger charge is 2.18. The summed E-state index contributed by atoms with van der Waals surface area (Å²) in [5, 5.41) is 0.431. The molecule has 0 radical (unpaired) electrons. The minimum absolute atomic E-state index is 0.369. The molecule has 84 valence electrons. The molecule has 1 aromatic heterocycles. The summed E-state index contributed by atoms with van der Waals surface area (Å²) in [6.07, 6.45) is 3.25. The molecule has 0 amide bonds. The Bertz CT molecular complexity index is 472. The van der Waals surface area contributed by atoms with Crippen LogP contribution in [0.5, 0.6) is 0 Å². The molecule has 1 unspecified atom stereocenters. The van der Waals surface area contributed by atoms with Crippen molar-refractivity contribution < 1.29 is 4.39 Å². The summed E-state index contributed by atoms with van der Waals surface area (Å²) in [6, 6.07) is 3.65. The number of hydrogen-bond acceptors (Lipinski definition) is 3. The van der Waals surface area contributed by atoms with Gasteiger partial charge in [-0.1, -0.05) is 11.6 Å². The molecule has 0 spiro atoms. The van der Waals surface area contributed by atoms with Crippen LogP contribution in [0, 0.1) is 5.82 Å². The number of hydrogen-bond donors (Lipinski definition) is 3. The molecule has 0 fully saturated rings. The highest BCUT2D eigenvalue weighted by Crippen LogP contribution is 2.26. The number of aromatic amines is 1. The molecule has 0 bridgehead atoms. The van der Waals surface area contributed by atoms with Crippen LogP contribution in [-0.2, 0) is 0 Å². The number of imidazole rings is 1. The van der Waals surface area contributed by atoms with Crippen molar-refractivity contribution in [2.75, 3.05) is 0 Å². The fourth-order valence-corrected chi connectivity index (χ4v) is 1.71. The first kappa shape index (κ1) is 11.1. The standard InChI is InChI=1S/C10H10ClFN4/c11-8-2-1-6(12)5-7(8)9(16-13)10-14-3-4-15-10/h1-5,9,16H,13H2,(H,14,15). The number of aromatic nitrogens is 2. The number of halogens is 2. The molecule has 16 heavy (non-hydrogen) atoms. The predicted octanol–water partition coefficient (Wildman–Crippen LogP) is 1.75. The third kappa shape index (κ3) is 2.06. The van der Waals surface area contributed by atoms with E-state index < -0.39 is 6.04 Å². The fraction of sp³-hybridized carbons (Fsp3) is 0.100. The van der Waals surface area contributed by atoms with Crippen LogP contribution < -0.4 is 11.3 Å². The third-order valence-electron chi connectivity index (χ3n) is 2.23. The average molecular weight is 241 g/mol. The molecule has 2 rings (SSSR count). The van der Waals surface area contributed by atoms with Gasteiger partial charge in [-0.2, -0.15) is 0 Å². The van der Waals surface area contributed by atoms with E-state index in [2.05, 4.69) is 15.4 Å². The van der Waals surface area contributed by atoms with E-state index in [-0.39, 0.29) is 5.82 Å². The molecule has 4 nitrogen and oxygen atoms in total. The first-order valence-electron chi connectivity index (χ1n) is 4.62. The summed E-state index contributed by atoms with van der Waals surface area (Å²) in [5.74, 6) is 5.63. The van der Waals surface area contributed by atoms with Gasteiger partial charge in [0.25, 0.3) is 0 Å². The van der Waals surface area contributed by atoms with Crippen LogP contribution in [0.25, 0.3) is 0 Å². The van der Waals surface area contributed by atoms with Crippen molar-refractivity contribution in [2.24, 2.45) is 5.84 Å².